The molecule has 1 atom stereocenters. The van der Waals surface area contributed by atoms with Gasteiger partial charge >= 0.3 is 0 Å². The number of benzene rings is 1. The van der Waals surface area contributed by atoms with Gasteiger partial charge in [0, 0.05) is 31.5 Å². The number of carbonyl (C=O) groups is 1. The minimum Gasteiger partial charge on any atom is -0.373 e. The Labute approximate surface area is 118 Å². The lowest BCUT2D eigenvalue weighted by Gasteiger charge is -2.32. The van der Waals surface area contributed by atoms with Crippen LogP contribution in [0.2, 0.25) is 0 Å². The number of sulfone groups is 1. The smallest absolute Gasteiger partial charge is 0.254 e. The van der Waals surface area contributed by atoms with Gasteiger partial charge in [0.05, 0.1) is 17.6 Å². The second kappa shape index (κ2) is 5.90. The van der Waals surface area contributed by atoms with Crippen LogP contribution >= 0.6 is 0 Å². The minimum atomic E-state index is -3.32. The predicted molar refractivity (Wildman–Crippen MR) is 74.2 cm³/mol. The molecule has 0 saturated carbocycles. The topological polar surface area (TPSA) is 89.7 Å². The van der Waals surface area contributed by atoms with Crippen LogP contribution in [-0.2, 0) is 14.6 Å². The van der Waals surface area contributed by atoms with E-state index in [-0.39, 0.29) is 16.9 Å². The van der Waals surface area contributed by atoms with Crippen LogP contribution < -0.4 is 5.73 Å². The van der Waals surface area contributed by atoms with Crippen molar-refractivity contribution in [3.8, 4) is 0 Å². The van der Waals surface area contributed by atoms with Crippen molar-refractivity contribution >= 4 is 15.7 Å². The van der Waals surface area contributed by atoms with Crippen molar-refractivity contribution in [2.24, 2.45) is 5.73 Å². The van der Waals surface area contributed by atoms with Gasteiger partial charge in [-0.3, -0.25) is 4.79 Å². The Morgan fingerprint density at radius 2 is 2.25 bits per heavy atom. The average molecular weight is 298 g/mol. The molecule has 1 aliphatic heterocycles. The first-order valence-corrected chi connectivity index (χ1v) is 8.22. The van der Waals surface area contributed by atoms with Gasteiger partial charge in [0.15, 0.2) is 9.84 Å². The largest absolute Gasteiger partial charge is 0.373 e. The third kappa shape index (κ3) is 3.36. The van der Waals surface area contributed by atoms with Gasteiger partial charge in [-0.2, -0.15) is 0 Å². The number of morpholine rings is 1. The van der Waals surface area contributed by atoms with Gasteiger partial charge in [-0.15, -0.1) is 0 Å². The van der Waals surface area contributed by atoms with Crippen LogP contribution in [0.4, 0.5) is 0 Å². The van der Waals surface area contributed by atoms with E-state index in [9.17, 15) is 13.2 Å². The van der Waals surface area contributed by atoms with Crippen LogP contribution in [0.5, 0.6) is 0 Å². The minimum absolute atomic E-state index is 0.145. The number of amides is 1. The van der Waals surface area contributed by atoms with Gasteiger partial charge < -0.3 is 15.4 Å². The molecule has 1 heterocycles. The molecule has 0 radical (unpaired) electrons. The summed E-state index contributed by atoms with van der Waals surface area (Å²) in [6.07, 6.45) is 0.960. The molecule has 0 aromatic heterocycles. The highest BCUT2D eigenvalue weighted by Gasteiger charge is 2.24. The highest BCUT2D eigenvalue weighted by Crippen LogP contribution is 2.15. The van der Waals surface area contributed by atoms with Crippen LogP contribution in [0.15, 0.2) is 29.2 Å². The third-order valence-electron chi connectivity index (χ3n) is 3.20. The number of carbonyl (C=O) groups excluding carboxylic acids is 1. The zero-order valence-corrected chi connectivity index (χ0v) is 12.1. The summed E-state index contributed by atoms with van der Waals surface area (Å²) < 4.78 is 28.4. The number of hydrogen-bond acceptors (Lipinski definition) is 5. The molecule has 1 aromatic carbocycles. The summed E-state index contributed by atoms with van der Waals surface area (Å²) in [5.41, 5.74) is 5.91. The van der Waals surface area contributed by atoms with Crippen LogP contribution in [0.25, 0.3) is 0 Å². The summed E-state index contributed by atoms with van der Waals surface area (Å²) in [6.45, 7) is 1.71. The fraction of sp³-hybridized carbons (Fsp3) is 0.462. The molecule has 1 aromatic rings. The molecule has 1 fully saturated rings. The lowest BCUT2D eigenvalue weighted by Crippen LogP contribution is -2.48. The lowest BCUT2D eigenvalue weighted by molar-refractivity contribution is -0.0167. The van der Waals surface area contributed by atoms with E-state index in [4.69, 9.17) is 10.5 Å². The molecule has 1 amide bonds. The van der Waals surface area contributed by atoms with E-state index >= 15 is 0 Å². The van der Waals surface area contributed by atoms with Crippen molar-refractivity contribution < 1.29 is 17.9 Å². The van der Waals surface area contributed by atoms with Crippen molar-refractivity contribution in [2.45, 2.75) is 11.0 Å². The van der Waals surface area contributed by atoms with Crippen molar-refractivity contribution in [3.05, 3.63) is 29.8 Å². The van der Waals surface area contributed by atoms with Crippen molar-refractivity contribution in [2.75, 3.05) is 32.5 Å². The highest BCUT2D eigenvalue weighted by atomic mass is 32.2. The Hall–Kier alpha value is -1.44. The molecule has 0 aliphatic carbocycles. The zero-order valence-electron chi connectivity index (χ0n) is 11.3. The Bertz CT molecular complexity index is 600. The molecule has 1 aliphatic rings. The van der Waals surface area contributed by atoms with Crippen LogP contribution in [0, 0.1) is 0 Å². The van der Waals surface area contributed by atoms with Gasteiger partial charge in [-0.05, 0) is 18.2 Å². The molecule has 2 N–H and O–H groups in total. The average Bonchev–Trinajstić information content (AvgIpc) is 2.46. The SMILES string of the molecule is CS(=O)(=O)c1cccc(C(=O)N2CCOC(CN)C2)c1. The zero-order chi connectivity index (χ0) is 14.8. The Balaban J connectivity index is 2.21. The molecule has 0 spiro atoms. The third-order valence-corrected chi connectivity index (χ3v) is 4.31. The standard InChI is InChI=1S/C13H18N2O4S/c1-20(17,18)12-4-2-3-10(7-12)13(16)15-5-6-19-11(8-14)9-15/h2-4,7,11H,5-6,8-9,14H2,1H3. The second-order valence-corrected chi connectivity index (χ2v) is 6.80. The lowest BCUT2D eigenvalue weighted by atomic mass is 10.1. The molecule has 1 saturated heterocycles. The fourth-order valence-electron chi connectivity index (χ4n) is 2.09. The van der Waals surface area contributed by atoms with Crippen molar-refractivity contribution in [1.29, 1.82) is 0 Å². The number of hydrogen-bond donors (Lipinski definition) is 1. The van der Waals surface area contributed by atoms with E-state index in [2.05, 4.69) is 0 Å². The summed E-state index contributed by atoms with van der Waals surface area (Å²) in [4.78, 5) is 14.2. The maximum Gasteiger partial charge on any atom is 0.254 e. The molecule has 1 unspecified atom stereocenters. The quantitative estimate of drug-likeness (QED) is 0.841. The number of nitrogens with zero attached hydrogens (tertiary/aromatic N) is 1. The van der Waals surface area contributed by atoms with E-state index < -0.39 is 9.84 Å². The van der Waals surface area contributed by atoms with Crippen LogP contribution in [0.1, 0.15) is 10.4 Å². The normalized spacial score (nSPS) is 19.9. The molecule has 6 nitrogen and oxygen atoms in total. The number of nitrogens with two attached hydrogens (primary N) is 1. The molecular formula is C13H18N2O4S. The van der Waals surface area contributed by atoms with E-state index in [0.717, 1.165) is 6.26 Å². The van der Waals surface area contributed by atoms with E-state index in [1.807, 2.05) is 0 Å². The highest BCUT2D eigenvalue weighted by molar-refractivity contribution is 7.90. The summed E-state index contributed by atoms with van der Waals surface area (Å²) in [5.74, 6) is -0.197. The summed E-state index contributed by atoms with van der Waals surface area (Å²) in [7, 11) is -3.32. The van der Waals surface area contributed by atoms with E-state index in [1.54, 1.807) is 17.0 Å². The summed E-state index contributed by atoms with van der Waals surface area (Å²) in [5, 5.41) is 0. The first kappa shape index (κ1) is 15.0. The molecule has 7 heteroatoms. The Morgan fingerprint density at radius 1 is 1.50 bits per heavy atom. The first-order chi connectivity index (χ1) is 9.41. The molecule has 20 heavy (non-hydrogen) atoms. The molecule has 2 rings (SSSR count). The first-order valence-electron chi connectivity index (χ1n) is 6.33. The van der Waals surface area contributed by atoms with Crippen molar-refractivity contribution in [3.63, 3.8) is 0 Å². The predicted octanol–water partition coefficient (Wildman–Crippen LogP) is -0.110. The Morgan fingerprint density at radius 3 is 2.90 bits per heavy atom. The van der Waals surface area contributed by atoms with Gasteiger partial charge in [-0.25, -0.2) is 8.42 Å². The van der Waals surface area contributed by atoms with Gasteiger partial charge in [0.2, 0.25) is 0 Å². The Kier molecular flexibility index (Phi) is 4.42. The summed E-state index contributed by atoms with van der Waals surface area (Å²) in [6, 6.07) is 6.08. The molecule has 0 bridgehead atoms. The van der Waals surface area contributed by atoms with E-state index in [0.29, 0.717) is 31.8 Å². The van der Waals surface area contributed by atoms with Gasteiger partial charge in [-0.1, -0.05) is 6.07 Å². The van der Waals surface area contributed by atoms with Gasteiger partial charge in [0.25, 0.3) is 5.91 Å². The van der Waals surface area contributed by atoms with Crippen molar-refractivity contribution in [1.82, 2.24) is 4.90 Å². The van der Waals surface area contributed by atoms with Crippen LogP contribution in [-0.4, -0.2) is 57.8 Å². The summed E-state index contributed by atoms with van der Waals surface area (Å²) >= 11 is 0. The molecule has 110 valence electrons. The second-order valence-electron chi connectivity index (χ2n) is 4.78. The van der Waals surface area contributed by atoms with E-state index in [1.165, 1.54) is 12.1 Å². The maximum absolute atomic E-state index is 12.4. The maximum atomic E-state index is 12.4. The van der Waals surface area contributed by atoms with Crippen LogP contribution in [0.3, 0.4) is 0 Å². The monoisotopic (exact) mass is 298 g/mol. The number of ether oxygens (including phenoxy) is 1. The number of rotatable bonds is 3. The fourth-order valence-corrected chi connectivity index (χ4v) is 2.76. The molecular weight excluding hydrogens is 280 g/mol. The van der Waals surface area contributed by atoms with Gasteiger partial charge in [0.1, 0.15) is 0 Å².